The number of rotatable bonds is 3. The smallest absolute Gasteiger partial charge is 0.0411 e. The number of nitrogens with two attached hydrogens (primary N) is 2. The van der Waals surface area contributed by atoms with E-state index in [1.54, 1.807) is 19.5 Å². The average Bonchev–Trinajstić information content (AvgIpc) is 3.06. The predicted molar refractivity (Wildman–Crippen MR) is 68.1 cm³/mol. The number of aliphatic imine (C=N–C) groups is 1. The Bertz CT molecular complexity index is 442. The third-order valence-corrected chi connectivity index (χ3v) is 3.01. The molecule has 3 nitrogen and oxygen atoms in total. The van der Waals surface area contributed by atoms with Crippen molar-refractivity contribution < 1.29 is 0 Å². The summed E-state index contributed by atoms with van der Waals surface area (Å²) < 4.78 is 0. The first-order valence-corrected chi connectivity index (χ1v) is 5.43. The third kappa shape index (κ3) is 1.99. The highest BCUT2D eigenvalue weighted by molar-refractivity contribution is 6.09. The van der Waals surface area contributed by atoms with E-state index >= 15 is 0 Å². The first-order valence-electron chi connectivity index (χ1n) is 5.43. The minimum atomic E-state index is -0.0981. The highest BCUT2D eigenvalue weighted by atomic mass is 14.8. The molecule has 1 aromatic rings. The summed E-state index contributed by atoms with van der Waals surface area (Å²) in [5.41, 5.74) is 14.8. The van der Waals surface area contributed by atoms with Gasteiger partial charge in [0, 0.05) is 30.6 Å². The standard InChI is InChI=1S/C13H17N3/c1-16-9-11(8-14)10-3-2-4-12(7-10)13(15)5-6-13/h2-4,7-9H,5-6,14-15H2,1H3. The molecule has 0 heterocycles. The molecule has 0 radical (unpaired) electrons. The Kier molecular flexibility index (Phi) is 2.79. The molecule has 0 spiro atoms. The fraction of sp³-hybridized carbons (Fsp3) is 0.308. The normalized spacial score (nSPS) is 19.0. The lowest BCUT2D eigenvalue weighted by Gasteiger charge is -2.11. The summed E-state index contributed by atoms with van der Waals surface area (Å²) in [6.45, 7) is 0. The molecule has 0 unspecified atom stereocenters. The first-order chi connectivity index (χ1) is 7.69. The van der Waals surface area contributed by atoms with Gasteiger partial charge in [-0.15, -0.1) is 0 Å². The van der Waals surface area contributed by atoms with E-state index in [1.165, 1.54) is 5.56 Å². The monoisotopic (exact) mass is 215 g/mol. The van der Waals surface area contributed by atoms with Gasteiger partial charge in [-0.2, -0.15) is 0 Å². The van der Waals surface area contributed by atoms with Crippen LogP contribution in [-0.2, 0) is 5.54 Å². The summed E-state index contributed by atoms with van der Waals surface area (Å²) in [4.78, 5) is 3.99. The molecule has 4 N–H and O–H groups in total. The topological polar surface area (TPSA) is 64.4 Å². The molecule has 16 heavy (non-hydrogen) atoms. The summed E-state index contributed by atoms with van der Waals surface area (Å²) in [5.74, 6) is 0. The van der Waals surface area contributed by atoms with Crippen LogP contribution in [-0.4, -0.2) is 13.3 Å². The highest BCUT2D eigenvalue weighted by Gasteiger charge is 2.39. The fourth-order valence-electron chi connectivity index (χ4n) is 1.78. The van der Waals surface area contributed by atoms with Gasteiger partial charge in [0.25, 0.3) is 0 Å². The van der Waals surface area contributed by atoms with Gasteiger partial charge in [0.15, 0.2) is 0 Å². The molecule has 2 rings (SSSR count). The van der Waals surface area contributed by atoms with Crippen LogP contribution in [0.2, 0.25) is 0 Å². The molecule has 1 fully saturated rings. The Morgan fingerprint density at radius 3 is 2.75 bits per heavy atom. The van der Waals surface area contributed by atoms with Crippen LogP contribution in [0.3, 0.4) is 0 Å². The fourth-order valence-corrected chi connectivity index (χ4v) is 1.78. The molecule has 1 saturated carbocycles. The Labute approximate surface area is 95.9 Å². The first kappa shape index (κ1) is 10.9. The van der Waals surface area contributed by atoms with Crippen LogP contribution in [0.5, 0.6) is 0 Å². The van der Waals surface area contributed by atoms with Crippen molar-refractivity contribution in [2.24, 2.45) is 16.5 Å². The van der Waals surface area contributed by atoms with Gasteiger partial charge in [0.1, 0.15) is 0 Å². The van der Waals surface area contributed by atoms with Gasteiger partial charge >= 0.3 is 0 Å². The molecular formula is C13H17N3. The second-order valence-electron chi connectivity index (χ2n) is 4.25. The number of nitrogens with zero attached hydrogens (tertiary/aromatic N) is 1. The molecule has 0 saturated heterocycles. The summed E-state index contributed by atoms with van der Waals surface area (Å²) in [7, 11) is 1.73. The molecule has 1 aromatic carbocycles. The van der Waals surface area contributed by atoms with Crippen LogP contribution in [0, 0.1) is 0 Å². The average molecular weight is 215 g/mol. The van der Waals surface area contributed by atoms with Crippen LogP contribution in [0.25, 0.3) is 5.57 Å². The summed E-state index contributed by atoms with van der Waals surface area (Å²) in [6, 6.07) is 8.22. The molecule has 0 amide bonds. The quantitative estimate of drug-likeness (QED) is 0.753. The Morgan fingerprint density at radius 2 is 2.19 bits per heavy atom. The molecule has 3 heteroatoms. The van der Waals surface area contributed by atoms with E-state index in [0.29, 0.717) is 0 Å². The van der Waals surface area contributed by atoms with Crippen molar-refractivity contribution >= 4 is 11.8 Å². The van der Waals surface area contributed by atoms with Crippen LogP contribution < -0.4 is 11.5 Å². The van der Waals surface area contributed by atoms with Crippen molar-refractivity contribution in [3.63, 3.8) is 0 Å². The lowest BCUT2D eigenvalue weighted by molar-refractivity contribution is 0.740. The highest BCUT2D eigenvalue weighted by Crippen LogP contribution is 2.42. The van der Waals surface area contributed by atoms with E-state index in [9.17, 15) is 0 Å². The molecule has 0 atom stereocenters. The van der Waals surface area contributed by atoms with E-state index in [-0.39, 0.29) is 5.54 Å². The maximum atomic E-state index is 6.17. The van der Waals surface area contributed by atoms with Gasteiger partial charge in [-0.25, -0.2) is 0 Å². The molecule has 0 aromatic heterocycles. The van der Waals surface area contributed by atoms with Crippen LogP contribution >= 0.6 is 0 Å². The summed E-state index contributed by atoms with van der Waals surface area (Å²) in [5, 5.41) is 0. The second-order valence-corrected chi connectivity index (χ2v) is 4.25. The minimum Gasteiger partial charge on any atom is -0.404 e. The van der Waals surface area contributed by atoms with Gasteiger partial charge in [-0.1, -0.05) is 18.2 Å². The van der Waals surface area contributed by atoms with Gasteiger partial charge in [-0.05, 0) is 30.0 Å². The number of benzene rings is 1. The van der Waals surface area contributed by atoms with Crippen LogP contribution in [0.15, 0.2) is 35.5 Å². The van der Waals surface area contributed by atoms with Crippen LogP contribution in [0.1, 0.15) is 24.0 Å². The molecule has 0 aliphatic heterocycles. The van der Waals surface area contributed by atoms with E-state index in [2.05, 4.69) is 17.1 Å². The zero-order valence-corrected chi connectivity index (χ0v) is 9.48. The van der Waals surface area contributed by atoms with E-state index in [4.69, 9.17) is 11.5 Å². The van der Waals surface area contributed by atoms with E-state index in [0.717, 1.165) is 24.0 Å². The SMILES string of the molecule is CN=CC(=CN)c1cccc(C2(N)CC2)c1. The van der Waals surface area contributed by atoms with Crippen molar-refractivity contribution in [1.29, 1.82) is 0 Å². The zero-order chi connectivity index (χ0) is 11.6. The minimum absolute atomic E-state index is 0.0981. The molecule has 84 valence electrons. The molecular weight excluding hydrogens is 198 g/mol. The zero-order valence-electron chi connectivity index (χ0n) is 9.48. The molecule has 0 bridgehead atoms. The van der Waals surface area contributed by atoms with Gasteiger partial charge < -0.3 is 11.5 Å². The lowest BCUT2D eigenvalue weighted by Crippen LogP contribution is -2.18. The largest absolute Gasteiger partial charge is 0.404 e. The van der Waals surface area contributed by atoms with E-state index in [1.807, 2.05) is 12.1 Å². The summed E-state index contributed by atoms with van der Waals surface area (Å²) >= 11 is 0. The van der Waals surface area contributed by atoms with E-state index < -0.39 is 0 Å². The lowest BCUT2D eigenvalue weighted by atomic mass is 9.99. The van der Waals surface area contributed by atoms with Crippen LogP contribution in [0.4, 0.5) is 0 Å². The van der Waals surface area contributed by atoms with Gasteiger partial charge in [0.05, 0.1) is 0 Å². The maximum Gasteiger partial charge on any atom is 0.0411 e. The van der Waals surface area contributed by atoms with Crippen molar-refractivity contribution in [3.8, 4) is 0 Å². The molecule has 1 aliphatic carbocycles. The van der Waals surface area contributed by atoms with Gasteiger partial charge in [0.2, 0.25) is 0 Å². The van der Waals surface area contributed by atoms with Crippen molar-refractivity contribution in [2.45, 2.75) is 18.4 Å². The Hall–Kier alpha value is -1.61. The number of hydrogen-bond acceptors (Lipinski definition) is 3. The van der Waals surface area contributed by atoms with Crippen molar-refractivity contribution in [2.75, 3.05) is 7.05 Å². The maximum absolute atomic E-state index is 6.17. The van der Waals surface area contributed by atoms with Gasteiger partial charge in [-0.3, -0.25) is 4.99 Å². The number of allylic oxidation sites excluding steroid dienone is 1. The summed E-state index contributed by atoms with van der Waals surface area (Å²) in [6.07, 6.45) is 5.47. The molecule has 1 aliphatic rings. The third-order valence-electron chi connectivity index (χ3n) is 3.01. The predicted octanol–water partition coefficient (Wildman–Crippen LogP) is 1.63. The van der Waals surface area contributed by atoms with Crippen molar-refractivity contribution in [1.82, 2.24) is 0 Å². The number of hydrogen-bond donors (Lipinski definition) is 2. The Balaban J connectivity index is 2.35. The second kappa shape index (κ2) is 4.10. The Morgan fingerprint density at radius 1 is 1.44 bits per heavy atom. The van der Waals surface area contributed by atoms with Crippen molar-refractivity contribution in [3.05, 3.63) is 41.6 Å².